The van der Waals surface area contributed by atoms with Crippen LogP contribution < -0.4 is 5.32 Å². The Labute approximate surface area is 105 Å². The summed E-state index contributed by atoms with van der Waals surface area (Å²) in [4.78, 5) is 0. The quantitative estimate of drug-likeness (QED) is 0.819. The molecule has 2 fully saturated rings. The van der Waals surface area contributed by atoms with Gasteiger partial charge in [0.2, 0.25) is 0 Å². The molecule has 100 valence electrons. The van der Waals surface area contributed by atoms with Gasteiger partial charge in [0.1, 0.15) is 0 Å². The Morgan fingerprint density at radius 2 is 2.18 bits per heavy atom. The molecule has 2 aliphatic heterocycles. The van der Waals surface area contributed by atoms with Crippen LogP contribution in [-0.2, 0) is 9.47 Å². The molecule has 0 aromatic carbocycles. The van der Waals surface area contributed by atoms with Crippen molar-refractivity contribution in [3.05, 3.63) is 0 Å². The molecule has 0 aromatic rings. The number of hydrogen-bond donors (Lipinski definition) is 1. The molecule has 0 aromatic heterocycles. The molecule has 17 heavy (non-hydrogen) atoms. The maximum atomic E-state index is 5.87. The van der Waals surface area contributed by atoms with Crippen molar-refractivity contribution in [2.45, 2.75) is 57.6 Å². The minimum atomic E-state index is 0.0962. The summed E-state index contributed by atoms with van der Waals surface area (Å²) in [6, 6.07) is 0.635. The van der Waals surface area contributed by atoms with Crippen LogP contribution in [0.25, 0.3) is 0 Å². The second-order valence-corrected chi connectivity index (χ2v) is 5.83. The normalized spacial score (nSPS) is 39.2. The molecular formula is C14H27NO2. The predicted molar refractivity (Wildman–Crippen MR) is 69.2 cm³/mol. The third-order valence-corrected chi connectivity index (χ3v) is 4.29. The van der Waals surface area contributed by atoms with Gasteiger partial charge in [-0.3, -0.25) is 0 Å². The van der Waals surface area contributed by atoms with Crippen molar-refractivity contribution in [1.29, 1.82) is 0 Å². The van der Waals surface area contributed by atoms with Gasteiger partial charge >= 0.3 is 0 Å². The fourth-order valence-corrected chi connectivity index (χ4v) is 2.85. The van der Waals surface area contributed by atoms with Crippen LogP contribution in [-0.4, -0.2) is 38.0 Å². The number of nitrogens with one attached hydrogen (secondary N) is 1. The molecule has 2 heterocycles. The second kappa shape index (κ2) is 6.17. The minimum Gasteiger partial charge on any atom is -0.381 e. The van der Waals surface area contributed by atoms with E-state index in [-0.39, 0.29) is 5.60 Å². The van der Waals surface area contributed by atoms with Crippen molar-refractivity contribution >= 4 is 0 Å². The first-order valence-electron chi connectivity index (χ1n) is 7.17. The molecular weight excluding hydrogens is 214 g/mol. The van der Waals surface area contributed by atoms with Gasteiger partial charge in [0.05, 0.1) is 12.2 Å². The van der Waals surface area contributed by atoms with E-state index in [4.69, 9.17) is 9.47 Å². The summed E-state index contributed by atoms with van der Waals surface area (Å²) in [5.74, 6) is 0.722. The Bertz CT molecular complexity index is 228. The number of ether oxygens (including phenoxy) is 2. The van der Waals surface area contributed by atoms with Gasteiger partial charge in [-0.05, 0) is 44.9 Å². The Kier molecular flexibility index (Phi) is 4.83. The van der Waals surface area contributed by atoms with E-state index in [0.717, 1.165) is 51.5 Å². The van der Waals surface area contributed by atoms with E-state index >= 15 is 0 Å². The lowest BCUT2D eigenvalue weighted by atomic mass is 9.89. The van der Waals surface area contributed by atoms with Crippen LogP contribution in [0.4, 0.5) is 0 Å². The standard InChI is InChI=1S/C14H27NO2/c1-3-14(2)9-13(6-8-17-14)15-10-12-5-4-7-16-11-12/h12-13,15H,3-11H2,1-2H3. The summed E-state index contributed by atoms with van der Waals surface area (Å²) in [7, 11) is 0. The van der Waals surface area contributed by atoms with Crippen molar-refractivity contribution in [1.82, 2.24) is 5.32 Å². The smallest absolute Gasteiger partial charge is 0.0666 e. The van der Waals surface area contributed by atoms with Gasteiger partial charge in [-0.15, -0.1) is 0 Å². The molecule has 0 spiro atoms. The molecule has 0 saturated carbocycles. The van der Waals surface area contributed by atoms with Gasteiger partial charge in [-0.25, -0.2) is 0 Å². The molecule has 0 bridgehead atoms. The molecule has 2 saturated heterocycles. The molecule has 2 rings (SSSR count). The van der Waals surface area contributed by atoms with Gasteiger partial charge < -0.3 is 14.8 Å². The van der Waals surface area contributed by atoms with E-state index in [2.05, 4.69) is 19.2 Å². The van der Waals surface area contributed by atoms with Crippen molar-refractivity contribution in [2.75, 3.05) is 26.4 Å². The Hall–Kier alpha value is -0.120. The van der Waals surface area contributed by atoms with Crippen molar-refractivity contribution in [2.24, 2.45) is 5.92 Å². The molecule has 3 nitrogen and oxygen atoms in total. The summed E-state index contributed by atoms with van der Waals surface area (Å²) >= 11 is 0. The van der Waals surface area contributed by atoms with E-state index in [1.807, 2.05) is 0 Å². The van der Waals surface area contributed by atoms with Crippen LogP contribution in [0.2, 0.25) is 0 Å². The zero-order chi connectivity index (χ0) is 12.1. The summed E-state index contributed by atoms with van der Waals surface area (Å²) in [6.45, 7) is 8.39. The molecule has 3 atom stereocenters. The average molecular weight is 241 g/mol. The Balaban J connectivity index is 1.71. The van der Waals surface area contributed by atoms with Crippen LogP contribution in [0.15, 0.2) is 0 Å². The lowest BCUT2D eigenvalue weighted by Crippen LogP contribution is -2.46. The van der Waals surface area contributed by atoms with Gasteiger partial charge in [0.25, 0.3) is 0 Å². The van der Waals surface area contributed by atoms with E-state index in [1.165, 1.54) is 12.8 Å². The zero-order valence-electron chi connectivity index (χ0n) is 11.3. The van der Waals surface area contributed by atoms with Gasteiger partial charge in [0, 0.05) is 25.8 Å². The Morgan fingerprint density at radius 1 is 1.29 bits per heavy atom. The highest BCUT2D eigenvalue weighted by Crippen LogP contribution is 2.27. The Morgan fingerprint density at radius 3 is 2.88 bits per heavy atom. The van der Waals surface area contributed by atoms with Crippen LogP contribution >= 0.6 is 0 Å². The number of rotatable bonds is 4. The van der Waals surface area contributed by atoms with Crippen molar-refractivity contribution < 1.29 is 9.47 Å². The highest BCUT2D eigenvalue weighted by molar-refractivity contribution is 4.86. The number of hydrogen-bond acceptors (Lipinski definition) is 3. The predicted octanol–water partition coefficient (Wildman–Crippen LogP) is 2.35. The average Bonchev–Trinajstić information content (AvgIpc) is 2.38. The minimum absolute atomic E-state index is 0.0962. The van der Waals surface area contributed by atoms with E-state index in [1.54, 1.807) is 0 Å². The van der Waals surface area contributed by atoms with E-state index in [0.29, 0.717) is 6.04 Å². The van der Waals surface area contributed by atoms with Crippen molar-refractivity contribution in [3.8, 4) is 0 Å². The first kappa shape index (κ1) is 13.3. The highest BCUT2D eigenvalue weighted by Gasteiger charge is 2.31. The SMILES string of the molecule is CCC1(C)CC(NCC2CCCOC2)CCO1. The maximum absolute atomic E-state index is 5.87. The summed E-state index contributed by atoms with van der Waals surface area (Å²) in [6.07, 6.45) is 5.96. The van der Waals surface area contributed by atoms with Crippen LogP contribution in [0, 0.1) is 5.92 Å². The zero-order valence-corrected chi connectivity index (χ0v) is 11.3. The van der Waals surface area contributed by atoms with E-state index < -0.39 is 0 Å². The summed E-state index contributed by atoms with van der Waals surface area (Å²) < 4.78 is 11.4. The monoisotopic (exact) mass is 241 g/mol. The van der Waals surface area contributed by atoms with Crippen LogP contribution in [0.5, 0.6) is 0 Å². The molecule has 2 aliphatic rings. The molecule has 3 unspecified atom stereocenters. The molecule has 0 radical (unpaired) electrons. The molecule has 0 amide bonds. The van der Waals surface area contributed by atoms with E-state index in [9.17, 15) is 0 Å². The fourth-order valence-electron chi connectivity index (χ4n) is 2.85. The third-order valence-electron chi connectivity index (χ3n) is 4.29. The van der Waals surface area contributed by atoms with Gasteiger partial charge in [-0.1, -0.05) is 6.92 Å². The first-order valence-corrected chi connectivity index (χ1v) is 7.17. The molecule has 3 heteroatoms. The van der Waals surface area contributed by atoms with Crippen LogP contribution in [0.3, 0.4) is 0 Å². The van der Waals surface area contributed by atoms with Crippen LogP contribution in [0.1, 0.15) is 46.0 Å². The van der Waals surface area contributed by atoms with Crippen molar-refractivity contribution in [3.63, 3.8) is 0 Å². The largest absolute Gasteiger partial charge is 0.381 e. The summed E-state index contributed by atoms with van der Waals surface area (Å²) in [5.41, 5.74) is 0.0962. The third kappa shape index (κ3) is 3.94. The maximum Gasteiger partial charge on any atom is 0.0666 e. The first-order chi connectivity index (χ1) is 8.22. The lowest BCUT2D eigenvalue weighted by Gasteiger charge is -2.38. The topological polar surface area (TPSA) is 30.5 Å². The van der Waals surface area contributed by atoms with Gasteiger partial charge in [-0.2, -0.15) is 0 Å². The molecule has 0 aliphatic carbocycles. The second-order valence-electron chi connectivity index (χ2n) is 5.83. The highest BCUT2D eigenvalue weighted by atomic mass is 16.5. The molecule has 1 N–H and O–H groups in total. The lowest BCUT2D eigenvalue weighted by molar-refractivity contribution is -0.0787. The van der Waals surface area contributed by atoms with Gasteiger partial charge in [0.15, 0.2) is 0 Å². The fraction of sp³-hybridized carbons (Fsp3) is 1.00. The summed E-state index contributed by atoms with van der Waals surface area (Å²) in [5, 5.41) is 3.72.